The number of aryl methyl sites for hydroxylation is 1. The number of amides is 3. The molecule has 14 heteroatoms. The van der Waals surface area contributed by atoms with Crippen molar-refractivity contribution in [1.29, 1.82) is 0 Å². The standard InChI is InChI=1S/C43H55FN4O8S/c1-40(2,3)25-55-39(52)45-31-14-9-7-5-6-8-11-27-21-43(27,38(51)47-57(53,54)41(4)19-20-41)23-33(49)32-22-42(24-48(32)37(31)50)18-17-29-28-12-10-13-30(44)35(28)46-34(26-15-16-26)36(29)56-42/h8,10-13,26-27,31-32H,5-7,9,14-25H2,1-4H3,(H,45,52)(H,47,51)/b11-8-/t27-,31-,32+,42-,43-/m1/s1. The fraction of sp³-hybridized carbons (Fsp3) is 0.651. The summed E-state index contributed by atoms with van der Waals surface area (Å²) in [4.78, 5) is 63.2. The van der Waals surface area contributed by atoms with E-state index in [1.165, 1.54) is 11.0 Å². The molecule has 5 atom stereocenters. The molecule has 4 fully saturated rings. The lowest BCUT2D eigenvalue weighted by Gasteiger charge is -2.37. The van der Waals surface area contributed by atoms with E-state index in [0.717, 1.165) is 31.2 Å². The van der Waals surface area contributed by atoms with Gasteiger partial charge in [0.2, 0.25) is 21.8 Å². The normalized spacial score (nSPS) is 30.5. The first-order valence-corrected chi connectivity index (χ1v) is 22.2. The molecule has 6 aliphatic rings. The number of hydrogen-bond acceptors (Lipinski definition) is 9. The van der Waals surface area contributed by atoms with E-state index >= 15 is 4.39 Å². The van der Waals surface area contributed by atoms with Gasteiger partial charge in [0, 0.05) is 29.7 Å². The molecule has 3 amide bonds. The highest BCUT2D eigenvalue weighted by Gasteiger charge is 2.63. The maximum Gasteiger partial charge on any atom is 0.407 e. The van der Waals surface area contributed by atoms with Crippen molar-refractivity contribution in [2.75, 3.05) is 13.2 Å². The van der Waals surface area contributed by atoms with Gasteiger partial charge in [-0.25, -0.2) is 22.6 Å². The molecule has 1 saturated heterocycles. The number of halogens is 1. The molecule has 12 nitrogen and oxygen atoms in total. The number of pyridine rings is 1. The van der Waals surface area contributed by atoms with Gasteiger partial charge in [-0.15, -0.1) is 0 Å². The number of rotatable bonds is 6. The summed E-state index contributed by atoms with van der Waals surface area (Å²) >= 11 is 0. The molecule has 3 aliphatic heterocycles. The molecule has 0 radical (unpaired) electrons. The molecule has 0 unspecified atom stereocenters. The van der Waals surface area contributed by atoms with Crippen molar-refractivity contribution in [2.24, 2.45) is 16.7 Å². The fourth-order valence-electron chi connectivity index (χ4n) is 8.98. The minimum atomic E-state index is -3.97. The molecule has 4 heterocycles. The maximum atomic E-state index is 15.1. The first kappa shape index (κ1) is 39.7. The number of hydrogen-bond donors (Lipinski definition) is 2. The number of carbonyl (C=O) groups excluding carboxylic acids is 4. The first-order valence-electron chi connectivity index (χ1n) is 20.7. The molecule has 2 N–H and O–H groups in total. The Kier molecular flexibility index (Phi) is 10.00. The summed E-state index contributed by atoms with van der Waals surface area (Å²) in [5.41, 5.74) is -0.711. The van der Waals surface area contributed by atoms with E-state index in [1.807, 2.05) is 39.0 Å². The highest BCUT2D eigenvalue weighted by molar-refractivity contribution is 7.91. The summed E-state index contributed by atoms with van der Waals surface area (Å²) in [5, 5.41) is 3.50. The lowest BCUT2D eigenvalue weighted by molar-refractivity contribution is -0.140. The molecular formula is C43H55FN4O8S. The molecule has 57 heavy (non-hydrogen) atoms. The summed E-state index contributed by atoms with van der Waals surface area (Å²) in [6, 6.07) is 2.92. The van der Waals surface area contributed by atoms with Crippen LogP contribution in [-0.2, 0) is 35.6 Å². The van der Waals surface area contributed by atoms with Crippen molar-refractivity contribution in [3.63, 3.8) is 0 Å². The molecule has 3 aliphatic carbocycles. The van der Waals surface area contributed by atoms with Crippen molar-refractivity contribution in [2.45, 2.75) is 146 Å². The number of allylic oxidation sites excluding steroid dienone is 2. The number of sulfonamides is 1. The summed E-state index contributed by atoms with van der Waals surface area (Å²) in [6.07, 6.45) is 10.3. The van der Waals surface area contributed by atoms with Crippen molar-refractivity contribution < 1.29 is 41.5 Å². The van der Waals surface area contributed by atoms with Crippen LogP contribution >= 0.6 is 0 Å². The number of ketones is 1. The van der Waals surface area contributed by atoms with Crippen LogP contribution in [0.15, 0.2) is 30.4 Å². The van der Waals surface area contributed by atoms with Crippen LogP contribution in [0.5, 0.6) is 5.75 Å². The number of Topliss-reactive ketones (excluding diaryl/α,β-unsaturated/α-hetero) is 1. The second kappa shape index (κ2) is 14.3. The van der Waals surface area contributed by atoms with Crippen LogP contribution in [-0.4, -0.2) is 77.6 Å². The van der Waals surface area contributed by atoms with Crippen LogP contribution in [0.25, 0.3) is 10.9 Å². The van der Waals surface area contributed by atoms with Gasteiger partial charge in [0.1, 0.15) is 28.7 Å². The molecule has 1 spiro atoms. The zero-order valence-corrected chi connectivity index (χ0v) is 34.3. The van der Waals surface area contributed by atoms with Crippen molar-refractivity contribution in [3.8, 4) is 5.75 Å². The number of fused-ring (bicyclic) bond motifs is 5. The van der Waals surface area contributed by atoms with Crippen molar-refractivity contribution >= 4 is 44.6 Å². The van der Waals surface area contributed by atoms with Crippen LogP contribution in [0.1, 0.15) is 128 Å². The number of para-hydroxylation sites is 1. The number of aromatic nitrogens is 1. The topological polar surface area (TPSA) is 161 Å². The quantitative estimate of drug-likeness (QED) is 0.309. The summed E-state index contributed by atoms with van der Waals surface area (Å²) in [7, 11) is -3.97. The second-order valence-corrected chi connectivity index (χ2v) is 21.3. The van der Waals surface area contributed by atoms with Crippen molar-refractivity contribution in [3.05, 3.63) is 47.4 Å². The van der Waals surface area contributed by atoms with E-state index < -0.39 is 61.6 Å². The van der Waals surface area contributed by atoms with E-state index in [9.17, 15) is 27.6 Å². The lowest BCUT2D eigenvalue weighted by atomic mass is 9.85. The summed E-state index contributed by atoms with van der Waals surface area (Å²) in [5.74, 6) is -1.50. The average Bonchev–Trinajstić information content (AvgIpc) is 4.09. The van der Waals surface area contributed by atoms with Crippen LogP contribution < -0.4 is 14.8 Å². The Morgan fingerprint density at radius 1 is 1.07 bits per heavy atom. The second-order valence-electron chi connectivity index (χ2n) is 19.1. The average molecular weight is 807 g/mol. The van der Waals surface area contributed by atoms with Crippen LogP contribution in [0.4, 0.5) is 9.18 Å². The summed E-state index contributed by atoms with van der Waals surface area (Å²) < 4.78 is 55.5. The first-order chi connectivity index (χ1) is 26.9. The Hall–Kier alpha value is -4.07. The predicted octanol–water partition coefficient (Wildman–Crippen LogP) is 6.54. The van der Waals surface area contributed by atoms with Gasteiger partial charge in [0.25, 0.3) is 0 Å². The Morgan fingerprint density at radius 3 is 2.56 bits per heavy atom. The SMILES string of the molecule is CC(C)(C)COC(=O)N[C@@H]1CCCCC/C=C\[C@@H]2C[C@@]2(C(=O)NS(=O)(=O)C2(C)CC2)CC(=O)[C@@H]2C[C@]3(CCc4c(c(C5CC5)nc5c(F)cccc45)O3)CN2C1=O. The smallest absolute Gasteiger partial charge is 0.407 e. The van der Waals surface area contributed by atoms with Gasteiger partial charge in [0.15, 0.2) is 5.78 Å². The minimum absolute atomic E-state index is 0.0530. The Morgan fingerprint density at radius 2 is 1.84 bits per heavy atom. The van der Waals surface area contributed by atoms with Crippen LogP contribution in [0, 0.1) is 22.6 Å². The molecule has 2 aromatic rings. The Labute approximate surface area is 334 Å². The molecule has 3 saturated carbocycles. The third kappa shape index (κ3) is 7.79. The fourth-order valence-corrected chi connectivity index (χ4v) is 10.3. The van der Waals surface area contributed by atoms with E-state index in [0.29, 0.717) is 73.7 Å². The highest BCUT2D eigenvalue weighted by atomic mass is 32.2. The molecule has 0 bridgehead atoms. The monoisotopic (exact) mass is 806 g/mol. The number of nitrogens with zero attached hydrogens (tertiary/aromatic N) is 2. The number of benzene rings is 1. The van der Waals surface area contributed by atoms with E-state index in [2.05, 4.69) is 10.0 Å². The van der Waals surface area contributed by atoms with Gasteiger partial charge >= 0.3 is 6.09 Å². The molecule has 1 aromatic heterocycles. The maximum absolute atomic E-state index is 15.1. The zero-order valence-electron chi connectivity index (χ0n) is 33.5. The van der Waals surface area contributed by atoms with Gasteiger partial charge < -0.3 is 19.7 Å². The van der Waals surface area contributed by atoms with Gasteiger partial charge in [-0.05, 0) is 88.5 Å². The zero-order chi connectivity index (χ0) is 40.5. The lowest BCUT2D eigenvalue weighted by Crippen LogP contribution is -2.53. The van der Waals surface area contributed by atoms with Gasteiger partial charge in [-0.3, -0.25) is 19.1 Å². The Balaban J connectivity index is 1.14. The number of ether oxygens (including phenoxy) is 2. The molecule has 8 rings (SSSR count). The molecular weight excluding hydrogens is 752 g/mol. The minimum Gasteiger partial charge on any atom is -0.483 e. The molecule has 1 aromatic carbocycles. The number of alkyl carbamates (subject to hydrolysis) is 1. The molecule has 308 valence electrons. The van der Waals surface area contributed by atoms with Gasteiger partial charge in [-0.2, -0.15) is 0 Å². The van der Waals surface area contributed by atoms with E-state index in [4.69, 9.17) is 14.5 Å². The number of nitrogens with one attached hydrogen (secondary N) is 2. The van der Waals surface area contributed by atoms with E-state index in [1.54, 1.807) is 13.0 Å². The van der Waals surface area contributed by atoms with Crippen molar-refractivity contribution in [1.82, 2.24) is 19.9 Å². The largest absolute Gasteiger partial charge is 0.483 e. The Bertz CT molecular complexity index is 2140. The highest BCUT2D eigenvalue weighted by Crippen LogP contribution is 2.58. The van der Waals surface area contributed by atoms with Crippen LogP contribution in [0.2, 0.25) is 0 Å². The van der Waals surface area contributed by atoms with Crippen LogP contribution in [0.3, 0.4) is 0 Å². The van der Waals surface area contributed by atoms with Gasteiger partial charge in [-0.1, -0.05) is 57.9 Å². The third-order valence-corrected chi connectivity index (χ3v) is 15.2. The predicted molar refractivity (Wildman–Crippen MR) is 210 cm³/mol. The number of carbonyl (C=O) groups is 4. The third-order valence-electron chi connectivity index (χ3n) is 13.1. The van der Waals surface area contributed by atoms with E-state index in [-0.39, 0.29) is 49.0 Å². The summed E-state index contributed by atoms with van der Waals surface area (Å²) in [6.45, 7) is 7.63. The van der Waals surface area contributed by atoms with Gasteiger partial charge in [0.05, 0.1) is 35.0 Å².